The van der Waals surface area contributed by atoms with Crippen LogP contribution in [0.5, 0.6) is 0 Å². The molecule has 1 fully saturated rings. The highest BCUT2D eigenvalue weighted by Crippen LogP contribution is 2.16. The van der Waals surface area contributed by atoms with Gasteiger partial charge in [-0.25, -0.2) is 0 Å². The molecule has 0 atom stereocenters. The van der Waals surface area contributed by atoms with Crippen molar-refractivity contribution in [3.63, 3.8) is 0 Å². The second kappa shape index (κ2) is 10.4. The third-order valence-corrected chi connectivity index (χ3v) is 4.73. The van der Waals surface area contributed by atoms with E-state index in [0.717, 1.165) is 18.5 Å². The Hall–Kier alpha value is -0.380. The Labute approximate surface area is 138 Å². The van der Waals surface area contributed by atoms with E-state index in [4.69, 9.17) is 4.74 Å². The zero-order chi connectivity index (χ0) is 14.8. The largest absolute Gasteiger partial charge is 0.378 e. The Balaban J connectivity index is 1.54. The van der Waals surface area contributed by atoms with Gasteiger partial charge in [0.15, 0.2) is 0 Å². The summed E-state index contributed by atoms with van der Waals surface area (Å²) in [5.74, 6) is 0. The summed E-state index contributed by atoms with van der Waals surface area (Å²) in [6, 6.07) is 10.8. The SMILES string of the molecule is BrCCCCCCOC1CCN(Cc2ccccc2)CC1. The second-order valence-electron chi connectivity index (χ2n) is 5.94. The van der Waals surface area contributed by atoms with Gasteiger partial charge < -0.3 is 4.74 Å². The van der Waals surface area contributed by atoms with Crippen LogP contribution >= 0.6 is 15.9 Å². The molecule has 2 nitrogen and oxygen atoms in total. The lowest BCUT2D eigenvalue weighted by Crippen LogP contribution is -2.36. The first kappa shape index (κ1) is 17.0. The molecule has 1 heterocycles. The Morgan fingerprint density at radius 1 is 1.00 bits per heavy atom. The maximum absolute atomic E-state index is 6.02. The molecular weight excluding hydrogens is 326 g/mol. The van der Waals surface area contributed by atoms with Crippen molar-refractivity contribution in [2.75, 3.05) is 25.0 Å². The predicted octanol–water partition coefficient (Wildman–Crippen LogP) is 4.62. The van der Waals surface area contributed by atoms with Crippen LogP contribution in [0.3, 0.4) is 0 Å². The Morgan fingerprint density at radius 3 is 2.43 bits per heavy atom. The Morgan fingerprint density at radius 2 is 1.71 bits per heavy atom. The van der Waals surface area contributed by atoms with Crippen LogP contribution in [0.1, 0.15) is 44.1 Å². The number of ether oxygens (including phenoxy) is 1. The van der Waals surface area contributed by atoms with Crippen LogP contribution in [0.2, 0.25) is 0 Å². The molecule has 3 heteroatoms. The smallest absolute Gasteiger partial charge is 0.0599 e. The molecule has 1 aromatic carbocycles. The van der Waals surface area contributed by atoms with Gasteiger partial charge in [-0.05, 0) is 31.2 Å². The van der Waals surface area contributed by atoms with Crippen molar-refractivity contribution in [3.05, 3.63) is 35.9 Å². The van der Waals surface area contributed by atoms with Crippen LogP contribution < -0.4 is 0 Å². The molecule has 1 aliphatic rings. The zero-order valence-electron chi connectivity index (χ0n) is 13.0. The minimum atomic E-state index is 0.494. The van der Waals surface area contributed by atoms with Crippen LogP contribution in [0.25, 0.3) is 0 Å². The normalized spacial score (nSPS) is 17.2. The van der Waals surface area contributed by atoms with Gasteiger partial charge in [0.1, 0.15) is 0 Å². The maximum atomic E-state index is 6.02. The minimum Gasteiger partial charge on any atom is -0.378 e. The Bertz CT molecular complexity index is 363. The summed E-state index contributed by atoms with van der Waals surface area (Å²) in [5.41, 5.74) is 1.42. The van der Waals surface area contributed by atoms with E-state index < -0.39 is 0 Å². The second-order valence-corrected chi connectivity index (χ2v) is 6.73. The number of benzene rings is 1. The summed E-state index contributed by atoms with van der Waals surface area (Å²) in [4.78, 5) is 2.55. The summed E-state index contributed by atoms with van der Waals surface area (Å²) in [5, 5.41) is 1.13. The minimum absolute atomic E-state index is 0.494. The number of nitrogens with zero attached hydrogens (tertiary/aromatic N) is 1. The molecule has 1 aliphatic heterocycles. The van der Waals surface area contributed by atoms with E-state index in [1.165, 1.54) is 57.2 Å². The van der Waals surface area contributed by atoms with Crippen molar-refractivity contribution in [1.29, 1.82) is 0 Å². The fraction of sp³-hybridized carbons (Fsp3) is 0.667. The summed E-state index contributed by atoms with van der Waals surface area (Å²) in [6.45, 7) is 4.37. The van der Waals surface area contributed by atoms with E-state index in [1.807, 2.05) is 0 Å². The number of halogens is 1. The van der Waals surface area contributed by atoms with E-state index in [-0.39, 0.29) is 0 Å². The number of hydrogen-bond acceptors (Lipinski definition) is 2. The lowest BCUT2D eigenvalue weighted by Gasteiger charge is -2.32. The standard InChI is InChI=1S/C18H28BrNO/c19-12-6-1-2-7-15-21-18-10-13-20(14-11-18)16-17-8-4-3-5-9-17/h3-5,8-9,18H,1-2,6-7,10-16H2. The van der Waals surface area contributed by atoms with E-state index in [2.05, 4.69) is 51.2 Å². The van der Waals surface area contributed by atoms with Gasteiger partial charge in [-0.2, -0.15) is 0 Å². The number of unbranched alkanes of at least 4 members (excludes halogenated alkanes) is 3. The van der Waals surface area contributed by atoms with Crippen molar-refractivity contribution < 1.29 is 4.74 Å². The van der Waals surface area contributed by atoms with Crippen LogP contribution in [0.15, 0.2) is 30.3 Å². The summed E-state index contributed by atoms with van der Waals surface area (Å²) >= 11 is 3.47. The lowest BCUT2D eigenvalue weighted by molar-refractivity contribution is 0.00430. The van der Waals surface area contributed by atoms with Crippen molar-refractivity contribution >= 4 is 15.9 Å². The third kappa shape index (κ3) is 6.94. The first-order valence-corrected chi connectivity index (χ1v) is 9.44. The number of piperidine rings is 1. The highest BCUT2D eigenvalue weighted by atomic mass is 79.9. The molecule has 118 valence electrons. The fourth-order valence-electron chi connectivity index (χ4n) is 2.88. The topological polar surface area (TPSA) is 12.5 Å². The van der Waals surface area contributed by atoms with Crippen LogP contribution in [0.4, 0.5) is 0 Å². The molecule has 0 bridgehead atoms. The molecule has 0 N–H and O–H groups in total. The quantitative estimate of drug-likeness (QED) is 0.474. The van der Waals surface area contributed by atoms with Crippen LogP contribution in [0, 0.1) is 0 Å². The van der Waals surface area contributed by atoms with Crippen LogP contribution in [-0.2, 0) is 11.3 Å². The Kier molecular flexibility index (Phi) is 8.38. The molecule has 2 rings (SSSR count). The van der Waals surface area contributed by atoms with Gasteiger partial charge in [-0.1, -0.05) is 59.1 Å². The molecule has 0 unspecified atom stereocenters. The van der Waals surface area contributed by atoms with Crippen LogP contribution in [-0.4, -0.2) is 36.0 Å². The number of likely N-dealkylation sites (tertiary alicyclic amines) is 1. The van der Waals surface area contributed by atoms with Gasteiger partial charge in [0.2, 0.25) is 0 Å². The van der Waals surface area contributed by atoms with Gasteiger partial charge in [-0.15, -0.1) is 0 Å². The van der Waals surface area contributed by atoms with E-state index in [9.17, 15) is 0 Å². The van der Waals surface area contributed by atoms with Gasteiger partial charge in [-0.3, -0.25) is 4.90 Å². The van der Waals surface area contributed by atoms with E-state index >= 15 is 0 Å². The fourth-order valence-corrected chi connectivity index (χ4v) is 3.27. The van der Waals surface area contributed by atoms with Crippen molar-refractivity contribution in [2.24, 2.45) is 0 Å². The zero-order valence-corrected chi connectivity index (χ0v) is 14.6. The monoisotopic (exact) mass is 353 g/mol. The number of rotatable bonds is 9. The molecule has 0 spiro atoms. The average molecular weight is 354 g/mol. The highest BCUT2D eigenvalue weighted by Gasteiger charge is 2.19. The van der Waals surface area contributed by atoms with Gasteiger partial charge in [0, 0.05) is 31.6 Å². The maximum Gasteiger partial charge on any atom is 0.0599 e. The summed E-state index contributed by atoms with van der Waals surface area (Å²) in [6.07, 6.45) is 8.01. The summed E-state index contributed by atoms with van der Waals surface area (Å²) < 4.78 is 6.02. The average Bonchev–Trinajstić information content (AvgIpc) is 2.53. The van der Waals surface area contributed by atoms with Gasteiger partial charge in [0.05, 0.1) is 6.10 Å². The molecule has 0 aromatic heterocycles. The van der Waals surface area contributed by atoms with Crippen molar-refractivity contribution in [1.82, 2.24) is 4.90 Å². The third-order valence-electron chi connectivity index (χ3n) is 4.17. The van der Waals surface area contributed by atoms with Crippen molar-refractivity contribution in [3.8, 4) is 0 Å². The molecule has 0 aliphatic carbocycles. The molecule has 0 saturated carbocycles. The van der Waals surface area contributed by atoms with Gasteiger partial charge >= 0.3 is 0 Å². The summed E-state index contributed by atoms with van der Waals surface area (Å²) in [7, 11) is 0. The van der Waals surface area contributed by atoms with Crippen molar-refractivity contribution in [2.45, 2.75) is 51.2 Å². The highest BCUT2D eigenvalue weighted by molar-refractivity contribution is 9.09. The van der Waals surface area contributed by atoms with E-state index in [1.54, 1.807) is 0 Å². The predicted molar refractivity (Wildman–Crippen MR) is 93.0 cm³/mol. The molecule has 21 heavy (non-hydrogen) atoms. The van der Waals surface area contributed by atoms with E-state index in [0.29, 0.717) is 6.10 Å². The molecule has 1 saturated heterocycles. The lowest BCUT2D eigenvalue weighted by atomic mass is 10.1. The van der Waals surface area contributed by atoms with Gasteiger partial charge in [0.25, 0.3) is 0 Å². The molecule has 0 amide bonds. The molecule has 1 aromatic rings. The molecular formula is C18H28BrNO. The number of alkyl halides is 1. The first-order chi connectivity index (χ1) is 10.4. The first-order valence-electron chi connectivity index (χ1n) is 8.32. The number of hydrogen-bond donors (Lipinski definition) is 0. The molecule has 0 radical (unpaired) electrons.